The molecule has 358 valence electrons. The predicted octanol–water partition coefficient (Wildman–Crippen LogP) is 17.1. The SMILES string of the molecule is CC/C=C\C/C=C\C/C=C\C/C=C\C/C=C\C/C=C\C/C=C\CCCCCCCCCCCCCCCC(=O)OC(CO)COC(=O)C/C=C\C/C=C\C/C=C\C/C=C\C/C=C\CC. The van der Waals surface area contributed by atoms with Gasteiger partial charge in [-0.05, 0) is 96.3 Å². The summed E-state index contributed by atoms with van der Waals surface area (Å²) in [6, 6.07) is 0. The number of allylic oxidation sites excluding steroid dienone is 23. The number of unbranched alkanes of at least 4 members (excludes halogenated alkanes) is 13. The molecule has 0 heterocycles. The van der Waals surface area contributed by atoms with E-state index in [0.29, 0.717) is 6.42 Å². The van der Waals surface area contributed by atoms with Crippen molar-refractivity contribution >= 4 is 11.9 Å². The first-order valence-electron chi connectivity index (χ1n) is 25.4. The zero-order valence-electron chi connectivity index (χ0n) is 40.7. The van der Waals surface area contributed by atoms with Crippen LogP contribution in [0.1, 0.15) is 194 Å². The molecule has 0 spiro atoms. The maximum atomic E-state index is 12.3. The molecule has 0 saturated heterocycles. The molecule has 0 aromatic carbocycles. The van der Waals surface area contributed by atoms with Crippen molar-refractivity contribution in [2.24, 2.45) is 0 Å². The average Bonchev–Trinajstić information content (AvgIpc) is 3.30. The Labute approximate surface area is 393 Å². The van der Waals surface area contributed by atoms with E-state index in [-0.39, 0.29) is 25.6 Å². The van der Waals surface area contributed by atoms with Gasteiger partial charge in [-0.3, -0.25) is 9.59 Å². The molecule has 0 saturated carbocycles. The Balaban J connectivity index is 3.61. The first-order valence-corrected chi connectivity index (χ1v) is 25.4. The van der Waals surface area contributed by atoms with Crippen LogP contribution in [0.3, 0.4) is 0 Å². The zero-order chi connectivity index (χ0) is 46.3. The van der Waals surface area contributed by atoms with Gasteiger partial charge in [-0.1, -0.05) is 230 Å². The van der Waals surface area contributed by atoms with Gasteiger partial charge in [0.15, 0.2) is 6.10 Å². The highest BCUT2D eigenvalue weighted by molar-refractivity contribution is 5.71. The summed E-state index contributed by atoms with van der Waals surface area (Å²) in [7, 11) is 0. The highest BCUT2D eigenvalue weighted by Crippen LogP contribution is 2.14. The van der Waals surface area contributed by atoms with Crippen LogP contribution >= 0.6 is 0 Å². The number of rotatable bonds is 44. The van der Waals surface area contributed by atoms with Crippen molar-refractivity contribution in [2.45, 2.75) is 200 Å². The molecule has 0 rings (SSSR count). The van der Waals surface area contributed by atoms with Gasteiger partial charge in [-0.15, -0.1) is 0 Å². The number of hydrogen-bond donors (Lipinski definition) is 1. The van der Waals surface area contributed by atoms with Crippen molar-refractivity contribution in [2.75, 3.05) is 13.2 Å². The minimum absolute atomic E-state index is 0.129. The molecule has 0 aliphatic carbocycles. The highest BCUT2D eigenvalue weighted by atomic mass is 16.6. The second-order valence-electron chi connectivity index (χ2n) is 16.1. The summed E-state index contributed by atoms with van der Waals surface area (Å²) in [5, 5.41) is 9.59. The summed E-state index contributed by atoms with van der Waals surface area (Å²) in [4.78, 5) is 24.3. The van der Waals surface area contributed by atoms with Gasteiger partial charge in [0.05, 0.1) is 13.0 Å². The number of aliphatic hydroxyl groups excluding tert-OH is 1. The van der Waals surface area contributed by atoms with Gasteiger partial charge in [0.25, 0.3) is 0 Å². The molecule has 0 amide bonds. The van der Waals surface area contributed by atoms with Gasteiger partial charge < -0.3 is 14.6 Å². The minimum Gasteiger partial charge on any atom is -0.461 e. The van der Waals surface area contributed by atoms with Crippen LogP contribution in [0.25, 0.3) is 0 Å². The number of carbonyl (C=O) groups excluding carboxylic acids is 2. The maximum Gasteiger partial charge on any atom is 0.309 e. The smallest absolute Gasteiger partial charge is 0.309 e. The third-order valence-electron chi connectivity index (χ3n) is 10.2. The van der Waals surface area contributed by atoms with Crippen molar-refractivity contribution in [1.82, 2.24) is 0 Å². The molecular weight excluding hydrogens is 789 g/mol. The fourth-order valence-electron chi connectivity index (χ4n) is 6.43. The normalized spacial score (nSPS) is 13.5. The van der Waals surface area contributed by atoms with E-state index in [1.807, 2.05) is 6.08 Å². The summed E-state index contributed by atoms with van der Waals surface area (Å²) in [5.74, 6) is -0.750. The Morgan fingerprint density at radius 2 is 0.672 bits per heavy atom. The predicted molar refractivity (Wildman–Crippen MR) is 278 cm³/mol. The van der Waals surface area contributed by atoms with E-state index in [1.54, 1.807) is 6.08 Å². The Morgan fingerprint density at radius 1 is 0.375 bits per heavy atom. The molecule has 0 aromatic rings. The molecule has 1 unspecified atom stereocenters. The summed E-state index contributed by atoms with van der Waals surface area (Å²) in [5.41, 5.74) is 0. The summed E-state index contributed by atoms with van der Waals surface area (Å²) >= 11 is 0. The topological polar surface area (TPSA) is 72.8 Å². The van der Waals surface area contributed by atoms with Crippen molar-refractivity contribution in [3.8, 4) is 0 Å². The first kappa shape index (κ1) is 59.8. The Bertz CT molecular complexity index is 1410. The molecule has 0 aromatic heterocycles. The van der Waals surface area contributed by atoms with Crippen LogP contribution in [0, 0.1) is 0 Å². The Morgan fingerprint density at radius 3 is 1.02 bits per heavy atom. The van der Waals surface area contributed by atoms with Crippen molar-refractivity contribution in [1.29, 1.82) is 0 Å². The number of carbonyl (C=O) groups is 2. The number of hydrogen-bond acceptors (Lipinski definition) is 5. The third-order valence-corrected chi connectivity index (χ3v) is 10.2. The summed E-state index contributed by atoms with van der Waals surface area (Å²) in [6.07, 6.45) is 81.1. The van der Waals surface area contributed by atoms with E-state index >= 15 is 0 Å². The first-order chi connectivity index (χ1) is 31.6. The molecule has 64 heavy (non-hydrogen) atoms. The van der Waals surface area contributed by atoms with E-state index < -0.39 is 12.1 Å². The lowest BCUT2D eigenvalue weighted by molar-refractivity contribution is -0.161. The maximum absolute atomic E-state index is 12.3. The summed E-state index contributed by atoms with van der Waals surface area (Å²) in [6.45, 7) is 3.80. The molecule has 1 N–H and O–H groups in total. The van der Waals surface area contributed by atoms with E-state index in [1.165, 1.54) is 70.6 Å². The zero-order valence-corrected chi connectivity index (χ0v) is 40.7. The molecular formula is C59H92O5. The van der Waals surface area contributed by atoms with Crippen LogP contribution in [0.2, 0.25) is 0 Å². The van der Waals surface area contributed by atoms with Crippen molar-refractivity contribution in [3.63, 3.8) is 0 Å². The van der Waals surface area contributed by atoms with Gasteiger partial charge in [0.2, 0.25) is 0 Å². The molecule has 1 atom stereocenters. The van der Waals surface area contributed by atoms with Crippen LogP contribution in [0.4, 0.5) is 0 Å². The molecule has 5 nitrogen and oxygen atoms in total. The van der Waals surface area contributed by atoms with Crippen LogP contribution in [-0.2, 0) is 19.1 Å². The van der Waals surface area contributed by atoms with E-state index in [9.17, 15) is 14.7 Å². The summed E-state index contributed by atoms with van der Waals surface area (Å²) < 4.78 is 10.6. The van der Waals surface area contributed by atoms with Crippen LogP contribution in [-0.4, -0.2) is 36.4 Å². The fourth-order valence-corrected chi connectivity index (χ4v) is 6.43. The molecule has 0 aliphatic rings. The van der Waals surface area contributed by atoms with Gasteiger partial charge >= 0.3 is 11.9 Å². The second kappa shape index (κ2) is 53.1. The van der Waals surface area contributed by atoms with Gasteiger partial charge in [0.1, 0.15) is 6.61 Å². The lowest BCUT2D eigenvalue weighted by Gasteiger charge is -2.15. The molecule has 0 bridgehead atoms. The fraction of sp³-hybridized carbons (Fsp3) is 0.559. The monoisotopic (exact) mass is 881 g/mol. The van der Waals surface area contributed by atoms with E-state index in [0.717, 1.165) is 96.3 Å². The largest absolute Gasteiger partial charge is 0.461 e. The lowest BCUT2D eigenvalue weighted by atomic mass is 10.0. The van der Waals surface area contributed by atoms with E-state index in [2.05, 4.69) is 148 Å². The van der Waals surface area contributed by atoms with Gasteiger partial charge in [-0.2, -0.15) is 0 Å². The van der Waals surface area contributed by atoms with Gasteiger partial charge in [0, 0.05) is 6.42 Å². The molecule has 0 fully saturated rings. The molecule has 5 heteroatoms. The number of ether oxygens (including phenoxy) is 2. The average molecular weight is 881 g/mol. The Kier molecular flexibility index (Phi) is 49.6. The molecule has 0 aliphatic heterocycles. The van der Waals surface area contributed by atoms with Crippen LogP contribution < -0.4 is 0 Å². The molecule has 0 radical (unpaired) electrons. The van der Waals surface area contributed by atoms with E-state index in [4.69, 9.17) is 9.47 Å². The minimum atomic E-state index is -0.822. The van der Waals surface area contributed by atoms with Crippen LogP contribution in [0.5, 0.6) is 0 Å². The lowest BCUT2D eigenvalue weighted by Crippen LogP contribution is -2.28. The second-order valence-corrected chi connectivity index (χ2v) is 16.1. The van der Waals surface area contributed by atoms with Crippen LogP contribution in [0.15, 0.2) is 146 Å². The Hall–Kier alpha value is -4.22. The number of aliphatic hydroxyl groups is 1. The highest BCUT2D eigenvalue weighted by Gasteiger charge is 2.15. The van der Waals surface area contributed by atoms with Crippen molar-refractivity contribution < 1.29 is 24.2 Å². The standard InChI is InChI=1S/C59H92O5/c1-3-5-7-9-11-13-15-17-19-20-21-22-23-24-25-26-27-28-29-30-31-32-33-34-35-36-37-38-40-42-44-46-48-50-52-54-59(62)64-57(55-60)56-63-58(61)53-51-49-47-45-43-41-39-18-16-14-12-10-8-6-4-2/h5-8,11-14,17-19,21-22,24-25,27-28,30-31,39,43,45,49,51,57,60H,3-4,9-10,15-16,20,23,26,29,32-38,40-42,44,46-48,50,52-56H2,1-2H3/b7-5-,8-6-,13-11-,14-12-,19-17-,22-21-,25-24-,28-27-,31-30-,39-18-,45-43-,51-49-. The number of esters is 2. The quantitative estimate of drug-likeness (QED) is 0.0375. The third kappa shape index (κ3) is 50.4. The van der Waals surface area contributed by atoms with Crippen molar-refractivity contribution in [3.05, 3.63) is 146 Å². The van der Waals surface area contributed by atoms with Gasteiger partial charge in [-0.25, -0.2) is 0 Å².